The van der Waals surface area contributed by atoms with Gasteiger partial charge in [0.25, 0.3) is 0 Å². The van der Waals surface area contributed by atoms with E-state index in [1.54, 1.807) is 0 Å². The second-order valence-electron chi connectivity index (χ2n) is 14.4. The lowest BCUT2D eigenvalue weighted by Crippen LogP contribution is -2.65. The summed E-state index contributed by atoms with van der Waals surface area (Å²) in [5.41, 5.74) is -1.24. The van der Waals surface area contributed by atoms with Crippen molar-refractivity contribution < 1.29 is 19.7 Å². The first-order valence-corrected chi connectivity index (χ1v) is 17.0. The molecule has 5 heteroatoms. The molecule has 6 fully saturated rings. The Labute approximate surface area is 195 Å². The Balaban J connectivity index is 1.27. The molecule has 0 spiro atoms. The van der Waals surface area contributed by atoms with Gasteiger partial charge in [-0.25, -0.2) is 0 Å². The summed E-state index contributed by atoms with van der Waals surface area (Å²) >= 11 is 0. The predicted octanol–water partition coefficient (Wildman–Crippen LogP) is 4.58. The van der Waals surface area contributed by atoms with Crippen molar-refractivity contribution in [1.82, 2.24) is 0 Å². The maximum atomic E-state index is 12.2. The third kappa shape index (κ3) is 2.75. The summed E-state index contributed by atoms with van der Waals surface area (Å²) in [6.07, 6.45) is 8.53. The molecule has 0 aromatic heterocycles. The highest BCUT2D eigenvalue weighted by molar-refractivity contribution is 6.69. The second kappa shape index (κ2) is 6.63. The van der Waals surface area contributed by atoms with Gasteiger partial charge in [0.05, 0.1) is 17.3 Å². The molecule has 0 aromatic rings. The summed E-state index contributed by atoms with van der Waals surface area (Å²) in [6, 6.07) is 0. The quantitative estimate of drug-likeness (QED) is 0.413. The maximum Gasteiger partial charge on any atom is 0.183 e. The fourth-order valence-corrected chi connectivity index (χ4v) is 11.2. The molecule has 6 aliphatic carbocycles. The number of aliphatic hydroxyl groups excluding tert-OH is 1. The van der Waals surface area contributed by atoms with Crippen molar-refractivity contribution in [2.24, 2.45) is 52.3 Å². The molecule has 0 heterocycles. The molecule has 6 rings (SSSR count). The van der Waals surface area contributed by atoms with Crippen molar-refractivity contribution in [3.8, 4) is 0 Å². The van der Waals surface area contributed by atoms with Crippen LogP contribution in [-0.2, 0) is 4.43 Å². The molecule has 3 N–H and O–H groups in total. The number of aliphatic hydroxyl groups is 3. The fraction of sp³-hybridized carbons (Fsp3) is 1.00. The first kappa shape index (κ1) is 22.5. The summed E-state index contributed by atoms with van der Waals surface area (Å²) in [5, 5.41) is 34.6. The number of hydrogen-bond acceptors (Lipinski definition) is 4. The highest BCUT2D eigenvalue weighted by Gasteiger charge is 2.81. The monoisotopic (exact) mass is 462 g/mol. The van der Waals surface area contributed by atoms with Crippen LogP contribution in [0.25, 0.3) is 0 Å². The lowest BCUT2D eigenvalue weighted by molar-refractivity contribution is -0.237. The van der Waals surface area contributed by atoms with Crippen LogP contribution < -0.4 is 0 Å². The van der Waals surface area contributed by atoms with E-state index in [0.29, 0.717) is 47.8 Å². The molecular formula is C27H46O4Si. The Morgan fingerprint density at radius 3 is 2.31 bits per heavy atom. The van der Waals surface area contributed by atoms with Crippen molar-refractivity contribution in [1.29, 1.82) is 0 Å². The lowest BCUT2D eigenvalue weighted by Gasteiger charge is -2.64. The summed E-state index contributed by atoms with van der Waals surface area (Å²) in [7, 11) is -1.51. The molecule has 182 valence electrons. The van der Waals surface area contributed by atoms with Crippen LogP contribution in [0.2, 0.25) is 19.6 Å². The van der Waals surface area contributed by atoms with Gasteiger partial charge in [0.2, 0.25) is 0 Å². The molecule has 6 saturated carbocycles. The van der Waals surface area contributed by atoms with Crippen molar-refractivity contribution >= 4 is 8.32 Å². The summed E-state index contributed by atoms with van der Waals surface area (Å²) in [6.45, 7) is 12.3. The Morgan fingerprint density at radius 1 is 0.906 bits per heavy atom. The van der Waals surface area contributed by atoms with Crippen LogP contribution in [0.1, 0.15) is 71.6 Å². The van der Waals surface area contributed by atoms with E-state index in [1.807, 2.05) is 0 Å². The van der Waals surface area contributed by atoms with Gasteiger partial charge in [-0.2, -0.15) is 0 Å². The number of hydrogen-bond donors (Lipinski definition) is 3. The minimum absolute atomic E-state index is 0.0219. The molecule has 0 saturated heterocycles. The molecule has 12 atom stereocenters. The molecular weight excluding hydrogens is 416 g/mol. The van der Waals surface area contributed by atoms with Gasteiger partial charge in [-0.05, 0) is 123 Å². The van der Waals surface area contributed by atoms with E-state index in [-0.39, 0.29) is 16.9 Å². The van der Waals surface area contributed by atoms with Crippen molar-refractivity contribution in [2.45, 2.75) is 109 Å². The smallest absolute Gasteiger partial charge is 0.183 e. The van der Waals surface area contributed by atoms with Gasteiger partial charge >= 0.3 is 0 Å². The van der Waals surface area contributed by atoms with E-state index in [1.165, 1.54) is 6.42 Å². The summed E-state index contributed by atoms with van der Waals surface area (Å²) in [4.78, 5) is 0. The van der Waals surface area contributed by atoms with Crippen molar-refractivity contribution in [3.05, 3.63) is 0 Å². The third-order valence-electron chi connectivity index (χ3n) is 12.0. The zero-order chi connectivity index (χ0) is 22.9. The molecule has 6 aliphatic rings. The summed E-state index contributed by atoms with van der Waals surface area (Å²) < 4.78 is 6.13. The van der Waals surface area contributed by atoms with Crippen molar-refractivity contribution in [2.75, 3.05) is 6.61 Å². The molecule has 0 amide bonds. The Bertz CT molecular complexity index is 797. The fourth-order valence-electron chi connectivity index (χ4n) is 10.5. The Kier molecular flexibility index (Phi) is 4.66. The molecule has 4 nitrogen and oxygen atoms in total. The lowest BCUT2D eigenvalue weighted by atomic mass is 9.42. The van der Waals surface area contributed by atoms with E-state index < -0.39 is 19.5 Å². The van der Waals surface area contributed by atoms with Gasteiger partial charge in [0.1, 0.15) is 0 Å². The zero-order valence-corrected chi connectivity index (χ0v) is 21.9. The van der Waals surface area contributed by atoms with Crippen LogP contribution in [0.4, 0.5) is 0 Å². The normalized spacial score (nSPS) is 60.0. The number of fused-ring (bicyclic) bond motifs is 10. The molecule has 0 aromatic carbocycles. The van der Waals surface area contributed by atoms with E-state index in [4.69, 9.17) is 4.43 Å². The molecule has 0 bridgehead atoms. The maximum absolute atomic E-state index is 12.2. The minimum Gasteiger partial charge on any atom is -0.418 e. The van der Waals surface area contributed by atoms with Crippen LogP contribution in [0.3, 0.4) is 0 Å². The van der Waals surface area contributed by atoms with E-state index in [9.17, 15) is 15.3 Å². The van der Waals surface area contributed by atoms with E-state index in [0.717, 1.165) is 51.6 Å². The van der Waals surface area contributed by atoms with E-state index >= 15 is 0 Å². The first-order chi connectivity index (χ1) is 14.9. The Morgan fingerprint density at radius 2 is 1.59 bits per heavy atom. The van der Waals surface area contributed by atoms with E-state index in [2.05, 4.69) is 33.5 Å². The highest BCUT2D eigenvalue weighted by Crippen LogP contribution is 2.82. The van der Waals surface area contributed by atoms with Crippen LogP contribution in [-0.4, -0.2) is 47.5 Å². The second-order valence-corrected chi connectivity index (χ2v) is 18.9. The molecule has 0 aliphatic heterocycles. The average Bonchev–Trinajstić information content (AvgIpc) is 3.59. The van der Waals surface area contributed by atoms with Gasteiger partial charge < -0.3 is 19.7 Å². The molecule has 32 heavy (non-hydrogen) atoms. The van der Waals surface area contributed by atoms with Gasteiger partial charge in [0.15, 0.2) is 8.32 Å². The summed E-state index contributed by atoms with van der Waals surface area (Å²) in [5.74, 6) is 4.02. The minimum atomic E-state index is -1.51. The van der Waals surface area contributed by atoms with Crippen LogP contribution >= 0.6 is 0 Å². The van der Waals surface area contributed by atoms with Crippen LogP contribution in [0, 0.1) is 52.3 Å². The highest BCUT2D eigenvalue weighted by atomic mass is 28.4. The van der Waals surface area contributed by atoms with Gasteiger partial charge in [-0.1, -0.05) is 13.8 Å². The average molecular weight is 463 g/mol. The molecule has 6 unspecified atom stereocenters. The van der Waals surface area contributed by atoms with Gasteiger partial charge in [0, 0.05) is 13.0 Å². The van der Waals surface area contributed by atoms with Crippen molar-refractivity contribution in [3.63, 3.8) is 0 Å². The van der Waals surface area contributed by atoms with Gasteiger partial charge in [-0.15, -0.1) is 0 Å². The number of rotatable bonds is 5. The SMILES string of the molecule is C[C@]12CCC3C(C1C1C[C@@H]1[C@@]2(O)CCCO[Si](C)(C)C)[C@H]1C[C@H]1C1(O)CC(O)CC[C@]31C. The zero-order valence-electron chi connectivity index (χ0n) is 20.9. The standard InChI is InChI=1S/C27H46O4Si/c1-24-10-7-16(28)15-27(24,30)20-13-17(20)22-19(24)8-11-25(2)23(22)18-14-21(18)26(25,29)9-6-12-31-32(3,4)5/h16-23,28-30H,6-15H2,1-5H3/t16?,17-,18?,19?,20+,21-,22?,23?,24+,25-,26-,27?/m0/s1. The topological polar surface area (TPSA) is 69.9 Å². The molecule has 0 radical (unpaired) electrons. The van der Waals surface area contributed by atoms with Crippen LogP contribution in [0.15, 0.2) is 0 Å². The third-order valence-corrected chi connectivity index (χ3v) is 13.1. The van der Waals surface area contributed by atoms with Gasteiger partial charge in [-0.3, -0.25) is 0 Å². The van der Waals surface area contributed by atoms with Crippen LogP contribution in [0.5, 0.6) is 0 Å². The Hall–Kier alpha value is 0.0569. The first-order valence-electron chi connectivity index (χ1n) is 13.6. The predicted molar refractivity (Wildman–Crippen MR) is 127 cm³/mol. The largest absolute Gasteiger partial charge is 0.418 e.